The Balaban J connectivity index is 1.96. The Labute approximate surface area is 88.5 Å². The molecule has 0 amide bonds. The fourth-order valence-corrected chi connectivity index (χ4v) is 2.98. The highest BCUT2D eigenvalue weighted by Gasteiger charge is 2.45. The van der Waals surface area contributed by atoms with Crippen LogP contribution in [0.3, 0.4) is 0 Å². The topological polar surface area (TPSA) is 43.4 Å². The molecular formula is C12H14O3. The van der Waals surface area contributed by atoms with Gasteiger partial charge in [0.2, 0.25) is 0 Å². The van der Waals surface area contributed by atoms with Crippen molar-refractivity contribution < 1.29 is 14.3 Å². The van der Waals surface area contributed by atoms with E-state index in [-0.39, 0.29) is 23.6 Å². The van der Waals surface area contributed by atoms with E-state index in [2.05, 4.69) is 0 Å². The van der Waals surface area contributed by atoms with E-state index in [4.69, 9.17) is 4.74 Å². The van der Waals surface area contributed by atoms with Crippen LogP contribution < -0.4 is 0 Å². The average Bonchev–Trinajstić information content (AvgIpc) is 2.59. The first-order valence-electron chi connectivity index (χ1n) is 5.73. The molecule has 3 nitrogen and oxygen atoms in total. The van der Waals surface area contributed by atoms with Crippen LogP contribution in [0.1, 0.15) is 38.5 Å². The van der Waals surface area contributed by atoms with Gasteiger partial charge < -0.3 is 4.74 Å². The van der Waals surface area contributed by atoms with Crippen LogP contribution in [0.5, 0.6) is 0 Å². The largest absolute Gasteiger partial charge is 0.486 e. The number of hydrogen-bond acceptors (Lipinski definition) is 3. The molecule has 0 aromatic rings. The summed E-state index contributed by atoms with van der Waals surface area (Å²) in [5.41, 5.74) is 0.860. The highest BCUT2D eigenvalue weighted by Crippen LogP contribution is 2.43. The third-order valence-electron chi connectivity index (χ3n) is 3.67. The number of allylic oxidation sites excluding steroid dienone is 1. The first kappa shape index (κ1) is 9.13. The number of rotatable bonds is 0. The Kier molecular flexibility index (Phi) is 1.94. The van der Waals surface area contributed by atoms with Gasteiger partial charge in [-0.25, -0.2) is 0 Å². The predicted octanol–water partition coefficient (Wildman–Crippen LogP) is 1.76. The molecule has 15 heavy (non-hydrogen) atoms. The second-order valence-corrected chi connectivity index (χ2v) is 4.62. The van der Waals surface area contributed by atoms with E-state index in [1.54, 1.807) is 0 Å². The van der Waals surface area contributed by atoms with E-state index >= 15 is 0 Å². The Bertz CT molecular complexity index is 367. The molecule has 0 saturated heterocycles. The number of Topliss-reactive ketones (excluding diaryl/α,β-unsaturated/α-hetero) is 2. The van der Waals surface area contributed by atoms with Gasteiger partial charge >= 0.3 is 0 Å². The van der Waals surface area contributed by atoms with Crippen LogP contribution in [0.2, 0.25) is 0 Å². The molecule has 80 valence electrons. The summed E-state index contributed by atoms with van der Waals surface area (Å²) in [5, 5.41) is 0. The fourth-order valence-electron chi connectivity index (χ4n) is 2.98. The molecule has 3 aliphatic rings. The van der Waals surface area contributed by atoms with Crippen molar-refractivity contribution in [1.82, 2.24) is 0 Å². The monoisotopic (exact) mass is 206 g/mol. The second kappa shape index (κ2) is 3.19. The van der Waals surface area contributed by atoms with Crippen LogP contribution in [-0.4, -0.2) is 17.7 Å². The molecule has 2 atom stereocenters. The third kappa shape index (κ3) is 1.25. The van der Waals surface area contributed by atoms with Crippen molar-refractivity contribution in [2.75, 3.05) is 0 Å². The Hall–Kier alpha value is -1.12. The highest BCUT2D eigenvalue weighted by atomic mass is 16.5. The standard InChI is InChI=1S/C12H14O3/c13-8-4-2-6-10-11(8)7-3-1-5-9(14)12(7)15-10/h7,12H,1-6H2/t7-,12-/m1/s1. The van der Waals surface area contributed by atoms with E-state index < -0.39 is 0 Å². The molecule has 2 aliphatic carbocycles. The molecule has 1 saturated carbocycles. The van der Waals surface area contributed by atoms with Gasteiger partial charge in [0, 0.05) is 30.8 Å². The van der Waals surface area contributed by atoms with Crippen LogP contribution in [0.15, 0.2) is 11.3 Å². The molecule has 1 aliphatic heterocycles. The van der Waals surface area contributed by atoms with Crippen molar-refractivity contribution in [3.63, 3.8) is 0 Å². The van der Waals surface area contributed by atoms with Gasteiger partial charge in [-0.3, -0.25) is 9.59 Å². The van der Waals surface area contributed by atoms with Crippen molar-refractivity contribution >= 4 is 11.6 Å². The number of carbonyl (C=O) groups excluding carboxylic acids is 2. The average molecular weight is 206 g/mol. The summed E-state index contributed by atoms with van der Waals surface area (Å²) in [6.07, 6.45) is 4.53. The van der Waals surface area contributed by atoms with Gasteiger partial charge in [0.15, 0.2) is 17.7 Å². The number of ether oxygens (including phenoxy) is 1. The van der Waals surface area contributed by atoms with Gasteiger partial charge in [0.1, 0.15) is 5.76 Å². The maximum absolute atomic E-state index is 11.8. The number of fused-ring (bicyclic) bond motifs is 2. The zero-order chi connectivity index (χ0) is 10.4. The molecule has 0 spiro atoms. The lowest BCUT2D eigenvalue weighted by Gasteiger charge is -2.24. The summed E-state index contributed by atoms with van der Waals surface area (Å²) in [6.45, 7) is 0. The van der Waals surface area contributed by atoms with E-state index in [0.29, 0.717) is 12.8 Å². The minimum Gasteiger partial charge on any atom is -0.486 e. The molecule has 3 heteroatoms. The molecule has 1 fully saturated rings. The fraction of sp³-hybridized carbons (Fsp3) is 0.667. The molecule has 0 unspecified atom stereocenters. The van der Waals surface area contributed by atoms with Crippen molar-refractivity contribution in [2.24, 2.45) is 5.92 Å². The third-order valence-corrected chi connectivity index (χ3v) is 3.67. The zero-order valence-corrected chi connectivity index (χ0v) is 8.62. The number of ketones is 2. The maximum atomic E-state index is 11.8. The Morgan fingerprint density at radius 2 is 1.93 bits per heavy atom. The Morgan fingerprint density at radius 1 is 1.07 bits per heavy atom. The zero-order valence-electron chi connectivity index (χ0n) is 8.62. The molecule has 3 rings (SSSR count). The van der Waals surface area contributed by atoms with E-state index in [1.807, 2.05) is 0 Å². The van der Waals surface area contributed by atoms with Gasteiger partial charge in [0.05, 0.1) is 0 Å². The number of hydrogen-bond donors (Lipinski definition) is 0. The second-order valence-electron chi connectivity index (χ2n) is 4.62. The first-order valence-corrected chi connectivity index (χ1v) is 5.73. The summed E-state index contributed by atoms with van der Waals surface area (Å²) >= 11 is 0. The summed E-state index contributed by atoms with van der Waals surface area (Å²) in [5.74, 6) is 1.33. The first-order chi connectivity index (χ1) is 7.27. The molecule has 0 radical (unpaired) electrons. The molecule has 0 aromatic carbocycles. The van der Waals surface area contributed by atoms with Crippen molar-refractivity contribution in [3.05, 3.63) is 11.3 Å². The minimum absolute atomic E-state index is 0.0917. The molecule has 0 bridgehead atoms. The van der Waals surface area contributed by atoms with Crippen molar-refractivity contribution in [2.45, 2.75) is 44.6 Å². The lowest BCUT2D eigenvalue weighted by atomic mass is 9.78. The van der Waals surface area contributed by atoms with Crippen molar-refractivity contribution in [3.8, 4) is 0 Å². The van der Waals surface area contributed by atoms with Gasteiger partial charge in [-0.2, -0.15) is 0 Å². The van der Waals surface area contributed by atoms with Gasteiger partial charge in [0.25, 0.3) is 0 Å². The van der Waals surface area contributed by atoms with Gasteiger partial charge in [-0.15, -0.1) is 0 Å². The van der Waals surface area contributed by atoms with Crippen LogP contribution in [-0.2, 0) is 14.3 Å². The normalized spacial score (nSPS) is 34.9. The van der Waals surface area contributed by atoms with Crippen LogP contribution in [0.4, 0.5) is 0 Å². The summed E-state index contributed by atoms with van der Waals surface area (Å²) < 4.78 is 5.66. The van der Waals surface area contributed by atoms with Crippen LogP contribution in [0, 0.1) is 5.92 Å². The minimum atomic E-state index is -0.314. The lowest BCUT2D eigenvalue weighted by Crippen LogP contribution is -2.33. The van der Waals surface area contributed by atoms with Crippen LogP contribution in [0.25, 0.3) is 0 Å². The Morgan fingerprint density at radius 3 is 2.80 bits per heavy atom. The van der Waals surface area contributed by atoms with Gasteiger partial charge in [-0.05, 0) is 19.3 Å². The maximum Gasteiger partial charge on any atom is 0.173 e. The molecule has 0 aromatic heterocycles. The molecular weight excluding hydrogens is 192 g/mol. The predicted molar refractivity (Wildman–Crippen MR) is 53.1 cm³/mol. The lowest BCUT2D eigenvalue weighted by molar-refractivity contribution is -0.131. The quantitative estimate of drug-likeness (QED) is 0.606. The number of carbonyl (C=O) groups is 2. The van der Waals surface area contributed by atoms with Crippen molar-refractivity contribution in [1.29, 1.82) is 0 Å². The van der Waals surface area contributed by atoms with Gasteiger partial charge in [-0.1, -0.05) is 0 Å². The van der Waals surface area contributed by atoms with Crippen LogP contribution >= 0.6 is 0 Å². The smallest absolute Gasteiger partial charge is 0.173 e. The molecule has 0 N–H and O–H groups in total. The van der Waals surface area contributed by atoms with E-state index in [9.17, 15) is 9.59 Å². The summed E-state index contributed by atoms with van der Waals surface area (Å²) in [4.78, 5) is 23.5. The molecule has 1 heterocycles. The summed E-state index contributed by atoms with van der Waals surface area (Å²) in [7, 11) is 0. The summed E-state index contributed by atoms with van der Waals surface area (Å²) in [6, 6.07) is 0. The van der Waals surface area contributed by atoms with E-state index in [0.717, 1.165) is 37.0 Å². The SMILES string of the molecule is O=C1CCCC2=C1[C@H]1CCCC(=O)[C@@H]1O2. The van der Waals surface area contributed by atoms with E-state index in [1.165, 1.54) is 0 Å². The highest BCUT2D eigenvalue weighted by molar-refractivity contribution is 5.99.